The van der Waals surface area contributed by atoms with Gasteiger partial charge in [0, 0.05) is 0 Å². The highest BCUT2D eigenvalue weighted by Gasteiger charge is 1.96. The largest absolute Gasteiger partial charge is 0.282 e. The van der Waals surface area contributed by atoms with Crippen LogP contribution in [0.3, 0.4) is 0 Å². The summed E-state index contributed by atoms with van der Waals surface area (Å²) in [5, 5.41) is 0.565. The predicted molar refractivity (Wildman–Crippen MR) is 36.5 cm³/mol. The van der Waals surface area contributed by atoms with Gasteiger partial charge in [0.1, 0.15) is 0 Å². The molecule has 0 spiro atoms. The van der Waals surface area contributed by atoms with E-state index in [0.717, 1.165) is 0 Å². The first-order chi connectivity index (χ1) is 3.89. The molecule has 1 aliphatic rings. The zero-order valence-electron chi connectivity index (χ0n) is 4.91. The summed E-state index contributed by atoms with van der Waals surface area (Å²) in [7, 11) is 0. The molecule has 5 heteroatoms. The zero-order valence-corrected chi connectivity index (χ0v) is 5.72. The molecule has 1 saturated heterocycles. The zero-order chi connectivity index (χ0) is 6.41. The van der Waals surface area contributed by atoms with Crippen molar-refractivity contribution < 1.29 is 0 Å². The van der Waals surface area contributed by atoms with Crippen LogP contribution in [0.1, 0.15) is 13.8 Å². The van der Waals surface area contributed by atoms with E-state index in [1.165, 1.54) is 0 Å². The normalized spacial score (nSPS) is 15.5. The maximum absolute atomic E-state index is 4.57. The Kier molecular flexibility index (Phi) is 4.53. The molecule has 1 aliphatic heterocycles. The highest BCUT2D eigenvalue weighted by atomic mass is 32.1. The number of thiocarbonyl (C=S) groups is 1. The molecule has 48 valence electrons. The van der Waals surface area contributed by atoms with Gasteiger partial charge in [0.2, 0.25) is 0 Å². The third-order valence-electron chi connectivity index (χ3n) is 0.415. The van der Waals surface area contributed by atoms with Gasteiger partial charge in [-0.2, -0.15) is 11.1 Å². The molecular formula is C3H10N4S. The Labute approximate surface area is 53.9 Å². The van der Waals surface area contributed by atoms with E-state index in [4.69, 9.17) is 0 Å². The van der Waals surface area contributed by atoms with Crippen LogP contribution in [0.25, 0.3) is 0 Å². The van der Waals surface area contributed by atoms with Crippen LogP contribution < -0.4 is 21.9 Å². The van der Waals surface area contributed by atoms with Crippen molar-refractivity contribution in [2.45, 2.75) is 13.8 Å². The molecule has 0 unspecified atom stereocenters. The Morgan fingerprint density at radius 3 is 1.62 bits per heavy atom. The van der Waals surface area contributed by atoms with Gasteiger partial charge in [-0.3, -0.25) is 10.9 Å². The summed E-state index contributed by atoms with van der Waals surface area (Å²) in [5.74, 6) is 0. The van der Waals surface area contributed by atoms with Crippen LogP contribution in [0.4, 0.5) is 0 Å². The van der Waals surface area contributed by atoms with Crippen LogP contribution >= 0.6 is 12.2 Å². The Bertz CT molecular complexity index is 65.7. The van der Waals surface area contributed by atoms with Gasteiger partial charge >= 0.3 is 0 Å². The molecule has 0 saturated carbocycles. The van der Waals surface area contributed by atoms with Crippen molar-refractivity contribution in [1.82, 2.24) is 21.9 Å². The molecule has 4 nitrogen and oxygen atoms in total. The van der Waals surface area contributed by atoms with Gasteiger partial charge in [0.05, 0.1) is 0 Å². The fourth-order valence-corrected chi connectivity index (χ4v) is 0.309. The lowest BCUT2D eigenvalue weighted by atomic mass is 11.0. The fraction of sp³-hybridized carbons (Fsp3) is 0.667. The number of rotatable bonds is 0. The number of hydrazine groups is 3. The summed E-state index contributed by atoms with van der Waals surface area (Å²) in [6, 6.07) is 0. The molecule has 1 heterocycles. The quantitative estimate of drug-likeness (QED) is 0.334. The van der Waals surface area contributed by atoms with Gasteiger partial charge < -0.3 is 0 Å². The summed E-state index contributed by atoms with van der Waals surface area (Å²) < 4.78 is 0. The smallest absolute Gasteiger partial charge is 0.197 e. The maximum Gasteiger partial charge on any atom is 0.197 e. The van der Waals surface area contributed by atoms with E-state index in [2.05, 4.69) is 34.1 Å². The molecular weight excluding hydrogens is 124 g/mol. The summed E-state index contributed by atoms with van der Waals surface area (Å²) in [6.45, 7) is 4.00. The predicted octanol–water partition coefficient (Wildman–Crippen LogP) is -0.585. The van der Waals surface area contributed by atoms with Gasteiger partial charge in [-0.25, -0.2) is 0 Å². The minimum atomic E-state index is 0.565. The molecule has 0 aromatic carbocycles. The van der Waals surface area contributed by atoms with Crippen LogP contribution in [0.2, 0.25) is 0 Å². The van der Waals surface area contributed by atoms with Crippen molar-refractivity contribution in [3.05, 3.63) is 0 Å². The third-order valence-corrected chi connectivity index (χ3v) is 0.619. The maximum atomic E-state index is 4.57. The van der Waals surface area contributed by atoms with E-state index >= 15 is 0 Å². The Morgan fingerprint density at radius 1 is 1.12 bits per heavy atom. The topological polar surface area (TPSA) is 48.1 Å². The molecule has 0 aromatic rings. The van der Waals surface area contributed by atoms with Crippen molar-refractivity contribution in [3.8, 4) is 0 Å². The van der Waals surface area contributed by atoms with E-state index in [0.29, 0.717) is 5.11 Å². The molecule has 8 heavy (non-hydrogen) atoms. The lowest BCUT2D eigenvalue weighted by molar-refractivity contribution is 0.556. The molecule has 0 aliphatic carbocycles. The summed E-state index contributed by atoms with van der Waals surface area (Å²) in [4.78, 5) is 0. The SMILES string of the molecule is CC.S=C1NNNN1. The monoisotopic (exact) mass is 134 g/mol. The first kappa shape index (κ1) is 7.61. The molecule has 0 radical (unpaired) electrons. The van der Waals surface area contributed by atoms with Gasteiger partial charge in [0.25, 0.3) is 0 Å². The second-order valence-electron chi connectivity index (χ2n) is 0.829. The second kappa shape index (κ2) is 4.76. The van der Waals surface area contributed by atoms with Crippen LogP contribution in [-0.2, 0) is 0 Å². The van der Waals surface area contributed by atoms with Crippen LogP contribution in [0.15, 0.2) is 0 Å². The standard InChI is InChI=1S/C2H6.CH4N4S/c1-2;6-1-2-4-5-3-1/h1-2H3;4-5H,(H2,2,3,6). The summed E-state index contributed by atoms with van der Waals surface area (Å²) in [5.41, 5.74) is 10.2. The Morgan fingerprint density at radius 2 is 1.50 bits per heavy atom. The molecule has 0 amide bonds. The highest BCUT2D eigenvalue weighted by molar-refractivity contribution is 7.80. The number of hydrogen-bond acceptors (Lipinski definition) is 3. The van der Waals surface area contributed by atoms with Gasteiger partial charge in [-0.1, -0.05) is 13.8 Å². The van der Waals surface area contributed by atoms with E-state index < -0.39 is 0 Å². The minimum absolute atomic E-state index is 0.565. The highest BCUT2D eigenvalue weighted by Crippen LogP contribution is 1.58. The number of nitrogens with one attached hydrogen (secondary N) is 4. The average molecular weight is 134 g/mol. The Hall–Kier alpha value is -0.390. The first-order valence-corrected chi connectivity index (χ1v) is 2.86. The van der Waals surface area contributed by atoms with Crippen LogP contribution in [0, 0.1) is 0 Å². The summed E-state index contributed by atoms with van der Waals surface area (Å²) in [6.07, 6.45) is 0. The molecule has 1 fully saturated rings. The van der Waals surface area contributed by atoms with Crippen molar-refractivity contribution in [1.29, 1.82) is 0 Å². The van der Waals surface area contributed by atoms with E-state index in [-0.39, 0.29) is 0 Å². The van der Waals surface area contributed by atoms with Crippen molar-refractivity contribution in [2.75, 3.05) is 0 Å². The molecule has 0 atom stereocenters. The molecule has 1 rings (SSSR count). The first-order valence-electron chi connectivity index (χ1n) is 2.45. The van der Waals surface area contributed by atoms with Crippen LogP contribution in [0.5, 0.6) is 0 Å². The fourth-order valence-electron chi connectivity index (χ4n) is 0.207. The molecule has 4 N–H and O–H groups in total. The lowest BCUT2D eigenvalue weighted by Crippen LogP contribution is -2.33. The van der Waals surface area contributed by atoms with Gasteiger partial charge in [-0.05, 0) is 12.2 Å². The van der Waals surface area contributed by atoms with E-state index in [9.17, 15) is 0 Å². The Balaban J connectivity index is 0.000000222. The number of hydrogen-bond donors (Lipinski definition) is 4. The van der Waals surface area contributed by atoms with Crippen molar-refractivity contribution in [2.24, 2.45) is 0 Å². The summed E-state index contributed by atoms with van der Waals surface area (Å²) >= 11 is 4.57. The van der Waals surface area contributed by atoms with Crippen molar-refractivity contribution >= 4 is 17.3 Å². The minimum Gasteiger partial charge on any atom is -0.282 e. The molecule has 0 bridgehead atoms. The van der Waals surface area contributed by atoms with Crippen LogP contribution in [-0.4, -0.2) is 5.11 Å². The van der Waals surface area contributed by atoms with Gasteiger partial charge in [-0.15, -0.1) is 0 Å². The average Bonchev–Trinajstić information content (AvgIpc) is 2.24. The molecule has 0 aromatic heterocycles. The van der Waals surface area contributed by atoms with Gasteiger partial charge in [0.15, 0.2) is 5.11 Å². The van der Waals surface area contributed by atoms with Crippen molar-refractivity contribution in [3.63, 3.8) is 0 Å². The van der Waals surface area contributed by atoms with E-state index in [1.807, 2.05) is 13.8 Å². The second-order valence-corrected chi connectivity index (χ2v) is 1.24. The lowest BCUT2D eigenvalue weighted by Gasteiger charge is -1.81. The third kappa shape index (κ3) is 2.73. The van der Waals surface area contributed by atoms with E-state index in [1.54, 1.807) is 0 Å².